The molecule has 2 aromatic carbocycles. The molecule has 0 spiro atoms. The summed E-state index contributed by atoms with van der Waals surface area (Å²) in [6, 6.07) is 15.7. The number of thiazole rings is 1. The summed E-state index contributed by atoms with van der Waals surface area (Å²) in [6.07, 6.45) is 0. The zero-order valence-electron chi connectivity index (χ0n) is 10.8. The van der Waals surface area contributed by atoms with Crippen molar-refractivity contribution in [3.8, 4) is 5.75 Å². The standard InChI is InChI=1S/C15H14N2OS2/c16-11-4-3-5-12(10-11)18-8-9-19-15-17-13-6-1-2-7-14(13)20-15/h1-7,10H,8-9,16H2. The second kappa shape index (κ2) is 6.15. The van der Waals surface area contributed by atoms with E-state index in [4.69, 9.17) is 10.5 Å². The van der Waals surface area contributed by atoms with Crippen molar-refractivity contribution in [2.75, 3.05) is 18.1 Å². The molecule has 1 aromatic heterocycles. The molecule has 5 heteroatoms. The van der Waals surface area contributed by atoms with Crippen LogP contribution in [0.1, 0.15) is 0 Å². The molecule has 0 bridgehead atoms. The predicted molar refractivity (Wildman–Crippen MR) is 86.7 cm³/mol. The van der Waals surface area contributed by atoms with E-state index in [2.05, 4.69) is 11.1 Å². The zero-order valence-corrected chi connectivity index (χ0v) is 12.4. The van der Waals surface area contributed by atoms with Gasteiger partial charge < -0.3 is 10.5 Å². The number of para-hydroxylation sites is 1. The fourth-order valence-corrected chi connectivity index (χ4v) is 3.76. The third-order valence-electron chi connectivity index (χ3n) is 2.71. The summed E-state index contributed by atoms with van der Waals surface area (Å²) in [7, 11) is 0. The van der Waals surface area contributed by atoms with E-state index in [-0.39, 0.29) is 0 Å². The molecular formula is C15H14N2OS2. The summed E-state index contributed by atoms with van der Waals surface area (Å²) >= 11 is 3.44. The number of aromatic nitrogens is 1. The van der Waals surface area contributed by atoms with E-state index in [1.54, 1.807) is 23.1 Å². The number of benzene rings is 2. The van der Waals surface area contributed by atoms with Crippen LogP contribution in [0.3, 0.4) is 0 Å². The Morgan fingerprint density at radius 2 is 2.05 bits per heavy atom. The summed E-state index contributed by atoms with van der Waals surface area (Å²) in [4.78, 5) is 4.58. The lowest BCUT2D eigenvalue weighted by Crippen LogP contribution is -2.00. The van der Waals surface area contributed by atoms with Crippen LogP contribution in [0.25, 0.3) is 10.2 Å². The zero-order chi connectivity index (χ0) is 13.8. The molecule has 3 aromatic rings. The van der Waals surface area contributed by atoms with Crippen LogP contribution in [0.4, 0.5) is 5.69 Å². The van der Waals surface area contributed by atoms with Crippen LogP contribution in [0.5, 0.6) is 5.75 Å². The monoisotopic (exact) mass is 302 g/mol. The predicted octanol–water partition coefficient (Wildman–Crippen LogP) is 4.05. The number of nitrogen functional groups attached to an aromatic ring is 1. The highest BCUT2D eigenvalue weighted by Gasteiger charge is 2.03. The quantitative estimate of drug-likeness (QED) is 0.439. The number of hydrogen-bond acceptors (Lipinski definition) is 5. The fraction of sp³-hybridized carbons (Fsp3) is 0.133. The Labute approximate surface area is 125 Å². The van der Waals surface area contributed by atoms with Gasteiger partial charge in [-0.2, -0.15) is 0 Å². The number of fused-ring (bicyclic) bond motifs is 1. The summed E-state index contributed by atoms with van der Waals surface area (Å²) in [6.45, 7) is 0.643. The van der Waals surface area contributed by atoms with E-state index in [9.17, 15) is 0 Å². The molecule has 3 nitrogen and oxygen atoms in total. The van der Waals surface area contributed by atoms with Crippen molar-refractivity contribution in [1.29, 1.82) is 0 Å². The lowest BCUT2D eigenvalue weighted by atomic mass is 10.3. The van der Waals surface area contributed by atoms with Gasteiger partial charge in [-0.15, -0.1) is 11.3 Å². The van der Waals surface area contributed by atoms with Crippen molar-refractivity contribution in [3.05, 3.63) is 48.5 Å². The van der Waals surface area contributed by atoms with E-state index in [1.807, 2.05) is 42.5 Å². The molecule has 2 N–H and O–H groups in total. The molecule has 0 saturated carbocycles. The number of anilines is 1. The van der Waals surface area contributed by atoms with E-state index in [0.29, 0.717) is 6.61 Å². The normalized spacial score (nSPS) is 10.8. The third kappa shape index (κ3) is 3.23. The number of nitrogens with two attached hydrogens (primary N) is 1. The molecule has 102 valence electrons. The molecule has 3 rings (SSSR count). The first-order valence-corrected chi connectivity index (χ1v) is 8.08. The van der Waals surface area contributed by atoms with Crippen molar-refractivity contribution in [3.63, 3.8) is 0 Å². The van der Waals surface area contributed by atoms with Crippen molar-refractivity contribution in [2.45, 2.75) is 4.34 Å². The van der Waals surface area contributed by atoms with E-state index < -0.39 is 0 Å². The Morgan fingerprint density at radius 1 is 1.15 bits per heavy atom. The highest BCUT2D eigenvalue weighted by molar-refractivity contribution is 8.01. The first-order valence-electron chi connectivity index (χ1n) is 6.28. The number of hydrogen-bond donors (Lipinski definition) is 1. The van der Waals surface area contributed by atoms with Crippen LogP contribution in [0.15, 0.2) is 52.9 Å². The SMILES string of the molecule is Nc1cccc(OCCSc2nc3ccccc3s2)c1. The second-order valence-corrected chi connectivity index (χ2v) is 6.59. The van der Waals surface area contributed by atoms with Crippen LogP contribution in [0, 0.1) is 0 Å². The minimum atomic E-state index is 0.643. The lowest BCUT2D eigenvalue weighted by Gasteiger charge is -2.05. The van der Waals surface area contributed by atoms with Crippen LogP contribution in [0.2, 0.25) is 0 Å². The number of rotatable bonds is 5. The Hall–Kier alpha value is -1.72. The topological polar surface area (TPSA) is 48.1 Å². The Kier molecular flexibility index (Phi) is 4.08. The molecule has 0 aliphatic carbocycles. The van der Waals surface area contributed by atoms with Gasteiger partial charge in [0.25, 0.3) is 0 Å². The van der Waals surface area contributed by atoms with Crippen LogP contribution < -0.4 is 10.5 Å². The minimum absolute atomic E-state index is 0.643. The molecule has 0 amide bonds. The molecule has 0 unspecified atom stereocenters. The van der Waals surface area contributed by atoms with Crippen LogP contribution in [-0.2, 0) is 0 Å². The molecule has 0 aliphatic rings. The third-order valence-corrected chi connectivity index (χ3v) is 4.85. The molecule has 0 atom stereocenters. The molecule has 20 heavy (non-hydrogen) atoms. The number of ether oxygens (including phenoxy) is 1. The molecule has 1 heterocycles. The summed E-state index contributed by atoms with van der Waals surface area (Å²) < 4.78 is 7.97. The van der Waals surface area contributed by atoms with E-state index >= 15 is 0 Å². The molecule has 0 aliphatic heterocycles. The van der Waals surface area contributed by atoms with Crippen molar-refractivity contribution in [1.82, 2.24) is 4.98 Å². The maximum Gasteiger partial charge on any atom is 0.151 e. The summed E-state index contributed by atoms with van der Waals surface area (Å²) in [5, 5.41) is 0. The average molecular weight is 302 g/mol. The Bertz CT molecular complexity index is 679. The lowest BCUT2D eigenvalue weighted by molar-refractivity contribution is 0.344. The largest absolute Gasteiger partial charge is 0.493 e. The first kappa shape index (κ1) is 13.3. The highest BCUT2D eigenvalue weighted by atomic mass is 32.2. The van der Waals surface area contributed by atoms with Gasteiger partial charge in [-0.05, 0) is 24.3 Å². The van der Waals surface area contributed by atoms with Gasteiger partial charge in [-0.1, -0.05) is 30.0 Å². The van der Waals surface area contributed by atoms with E-state index in [1.165, 1.54) is 4.70 Å². The summed E-state index contributed by atoms with van der Waals surface area (Å²) in [5.74, 6) is 1.68. The summed E-state index contributed by atoms with van der Waals surface area (Å²) in [5.41, 5.74) is 7.49. The Balaban J connectivity index is 1.52. The van der Waals surface area contributed by atoms with Crippen molar-refractivity contribution < 1.29 is 4.74 Å². The maximum absolute atomic E-state index is 5.70. The van der Waals surface area contributed by atoms with Crippen LogP contribution >= 0.6 is 23.1 Å². The molecule has 0 saturated heterocycles. The number of nitrogens with zero attached hydrogens (tertiary/aromatic N) is 1. The molecular weight excluding hydrogens is 288 g/mol. The van der Waals surface area contributed by atoms with Gasteiger partial charge in [0, 0.05) is 17.5 Å². The maximum atomic E-state index is 5.70. The fourth-order valence-electron chi connectivity index (χ4n) is 1.81. The van der Waals surface area contributed by atoms with Gasteiger partial charge >= 0.3 is 0 Å². The second-order valence-electron chi connectivity index (χ2n) is 4.22. The first-order chi connectivity index (χ1) is 9.81. The van der Waals surface area contributed by atoms with Gasteiger partial charge in [0.1, 0.15) is 5.75 Å². The minimum Gasteiger partial charge on any atom is -0.493 e. The van der Waals surface area contributed by atoms with Crippen LogP contribution in [-0.4, -0.2) is 17.3 Å². The Morgan fingerprint density at radius 3 is 2.90 bits per heavy atom. The van der Waals surface area contributed by atoms with Gasteiger partial charge in [0.15, 0.2) is 4.34 Å². The number of thioether (sulfide) groups is 1. The smallest absolute Gasteiger partial charge is 0.151 e. The van der Waals surface area contributed by atoms with Gasteiger partial charge in [0.2, 0.25) is 0 Å². The van der Waals surface area contributed by atoms with Gasteiger partial charge in [-0.25, -0.2) is 4.98 Å². The molecule has 0 fully saturated rings. The molecule has 0 radical (unpaired) electrons. The van der Waals surface area contributed by atoms with E-state index in [0.717, 1.165) is 27.0 Å². The van der Waals surface area contributed by atoms with Crippen molar-refractivity contribution in [2.24, 2.45) is 0 Å². The van der Waals surface area contributed by atoms with Gasteiger partial charge in [0.05, 0.1) is 16.8 Å². The van der Waals surface area contributed by atoms with Crippen molar-refractivity contribution >= 4 is 39.0 Å². The average Bonchev–Trinajstić information content (AvgIpc) is 2.86. The highest BCUT2D eigenvalue weighted by Crippen LogP contribution is 2.29. The van der Waals surface area contributed by atoms with Gasteiger partial charge in [-0.3, -0.25) is 0 Å².